The number of aliphatic carboxylic acids is 1. The molecule has 356 valence electrons. The zero-order chi connectivity index (χ0) is 45.2. The molecule has 4 N–H and O–H groups in total. The Bertz CT molecular complexity index is 1810. The molecular weight excluding hydrogens is 857 g/mol. The quantitative estimate of drug-likeness (QED) is 0.120. The predicted molar refractivity (Wildman–Crippen MR) is 281 cm³/mol. The minimum atomic E-state index is -0.833. The lowest BCUT2D eigenvalue weighted by molar-refractivity contribution is -0.134. The highest BCUT2D eigenvalue weighted by Crippen LogP contribution is 2.32. The Balaban J connectivity index is 0. The fourth-order valence-electron chi connectivity index (χ4n) is 7.33. The van der Waals surface area contributed by atoms with Crippen molar-refractivity contribution in [1.29, 1.82) is 0 Å². The molecule has 4 heterocycles. The summed E-state index contributed by atoms with van der Waals surface area (Å²) in [5, 5.41) is 21.7. The Kier molecular flexibility index (Phi) is 33.9. The van der Waals surface area contributed by atoms with Crippen molar-refractivity contribution in [2.75, 3.05) is 20.2 Å². The predicted octanol–water partition coefficient (Wildman–Crippen LogP) is 15.2. The summed E-state index contributed by atoms with van der Waals surface area (Å²) in [6.07, 6.45) is 8.96. The Hall–Kier alpha value is -4.21. The van der Waals surface area contributed by atoms with E-state index in [0.717, 1.165) is 48.0 Å². The molecule has 0 bridgehead atoms. The molecule has 0 unspecified atom stereocenters. The molecule has 0 amide bonds. The SMILES string of the molecule is C.C.C.CC(=O)O.CC(C)[C@H]1CCN[C@@H](c2ccccc2)C1.CC(C)[C@H]1CCN[C@@H](c2ccccc2)C1.CC(C)c1ccnc(-c2ccccc2)c1.CC(C)c1ccnc(Br)c1.CO. The molecule has 7 nitrogen and oxygen atoms in total. The number of hydrogen-bond donors (Lipinski definition) is 4. The first-order valence-electron chi connectivity index (χ1n) is 22.1. The molecular formula is C56H87BrN4O3. The van der Waals surface area contributed by atoms with Crippen LogP contribution in [0.3, 0.4) is 0 Å². The van der Waals surface area contributed by atoms with E-state index < -0.39 is 5.97 Å². The van der Waals surface area contributed by atoms with E-state index in [1.165, 1.54) is 66.6 Å². The zero-order valence-electron chi connectivity index (χ0n) is 38.6. The summed E-state index contributed by atoms with van der Waals surface area (Å²) in [5.41, 5.74) is 7.79. The number of rotatable bonds is 7. The third-order valence-electron chi connectivity index (χ3n) is 11.1. The fraction of sp³-hybridized carbons (Fsp3) is 0.482. The Morgan fingerprint density at radius 2 is 0.953 bits per heavy atom. The van der Waals surface area contributed by atoms with E-state index >= 15 is 0 Å². The van der Waals surface area contributed by atoms with Gasteiger partial charge in [0.15, 0.2) is 0 Å². The third-order valence-corrected chi connectivity index (χ3v) is 11.5. The van der Waals surface area contributed by atoms with Gasteiger partial charge in [0.2, 0.25) is 0 Å². The second-order valence-corrected chi connectivity index (χ2v) is 17.8. The van der Waals surface area contributed by atoms with E-state index in [0.29, 0.717) is 23.9 Å². The lowest BCUT2D eigenvalue weighted by atomic mass is 9.82. The van der Waals surface area contributed by atoms with Crippen molar-refractivity contribution in [2.24, 2.45) is 23.7 Å². The molecule has 64 heavy (non-hydrogen) atoms. The smallest absolute Gasteiger partial charge is 0.300 e. The number of nitrogens with zero attached hydrogens (tertiary/aromatic N) is 2. The van der Waals surface area contributed by atoms with E-state index in [1.807, 2.05) is 42.7 Å². The molecule has 2 fully saturated rings. The average molecular weight is 944 g/mol. The lowest BCUT2D eigenvalue weighted by Crippen LogP contribution is -2.33. The average Bonchev–Trinajstić information content (AvgIpc) is 3.28. The second kappa shape index (κ2) is 35.1. The number of benzene rings is 3. The number of carboxylic acid groups (broad SMARTS) is 1. The second-order valence-electron chi connectivity index (χ2n) is 17.0. The first-order valence-corrected chi connectivity index (χ1v) is 22.9. The van der Waals surface area contributed by atoms with Crippen molar-refractivity contribution >= 4 is 21.9 Å². The molecule has 2 aliphatic heterocycles. The van der Waals surface area contributed by atoms with E-state index in [9.17, 15) is 0 Å². The van der Waals surface area contributed by atoms with Crippen LogP contribution in [0, 0.1) is 23.7 Å². The zero-order valence-corrected chi connectivity index (χ0v) is 40.1. The highest BCUT2D eigenvalue weighted by atomic mass is 79.9. The van der Waals surface area contributed by atoms with Crippen LogP contribution >= 0.6 is 15.9 Å². The van der Waals surface area contributed by atoms with Crippen molar-refractivity contribution in [2.45, 2.75) is 134 Å². The maximum Gasteiger partial charge on any atom is 0.300 e. The number of carboxylic acids is 1. The van der Waals surface area contributed by atoms with Crippen LogP contribution in [0.25, 0.3) is 11.3 Å². The van der Waals surface area contributed by atoms with Crippen LogP contribution in [0.15, 0.2) is 132 Å². The van der Waals surface area contributed by atoms with Gasteiger partial charge in [0, 0.05) is 44.1 Å². The molecule has 8 heteroatoms. The number of hydrogen-bond acceptors (Lipinski definition) is 6. The first kappa shape index (κ1) is 61.9. The van der Waals surface area contributed by atoms with E-state index in [1.54, 1.807) is 0 Å². The first-order chi connectivity index (χ1) is 29.2. The summed E-state index contributed by atoms with van der Waals surface area (Å²) < 4.78 is 0.915. The van der Waals surface area contributed by atoms with E-state index in [2.05, 4.69) is 177 Å². The van der Waals surface area contributed by atoms with E-state index in [4.69, 9.17) is 15.0 Å². The van der Waals surface area contributed by atoms with E-state index in [-0.39, 0.29) is 22.3 Å². The maximum atomic E-state index is 9.00. The number of aliphatic hydroxyl groups is 1. The molecule has 3 aromatic carbocycles. The maximum absolute atomic E-state index is 9.00. The molecule has 2 saturated heterocycles. The third kappa shape index (κ3) is 24.2. The number of pyridine rings is 2. The molecule has 0 radical (unpaired) electrons. The van der Waals surface area contributed by atoms with Gasteiger partial charge in [-0.2, -0.15) is 0 Å². The summed E-state index contributed by atoms with van der Waals surface area (Å²) in [6.45, 7) is 21.5. The Morgan fingerprint density at radius 1 is 0.594 bits per heavy atom. The molecule has 2 aromatic heterocycles. The van der Waals surface area contributed by atoms with Crippen LogP contribution in [-0.4, -0.2) is 46.3 Å². The van der Waals surface area contributed by atoms with Gasteiger partial charge in [0.05, 0.1) is 5.69 Å². The molecule has 5 aromatic rings. The number of piperidine rings is 2. The highest BCUT2D eigenvalue weighted by Gasteiger charge is 2.25. The normalized spacial score (nSPS) is 17.2. The van der Waals surface area contributed by atoms with Crippen LogP contribution in [0.1, 0.15) is 156 Å². The number of carbonyl (C=O) groups is 1. The Morgan fingerprint density at radius 3 is 1.30 bits per heavy atom. The number of aliphatic hydroxyl groups excluding tert-OH is 1. The van der Waals surface area contributed by atoms with Crippen molar-refractivity contribution in [1.82, 2.24) is 20.6 Å². The van der Waals surface area contributed by atoms with Crippen LogP contribution < -0.4 is 10.6 Å². The highest BCUT2D eigenvalue weighted by molar-refractivity contribution is 9.10. The van der Waals surface area contributed by atoms with Gasteiger partial charge in [-0.3, -0.25) is 9.78 Å². The summed E-state index contributed by atoms with van der Waals surface area (Å²) >= 11 is 3.32. The summed E-state index contributed by atoms with van der Waals surface area (Å²) in [4.78, 5) is 17.4. The van der Waals surface area contributed by atoms with Crippen molar-refractivity contribution in [3.8, 4) is 11.3 Å². The monoisotopic (exact) mass is 943 g/mol. The molecule has 0 spiro atoms. The van der Waals surface area contributed by atoms with Crippen molar-refractivity contribution in [3.05, 3.63) is 155 Å². The molecule has 7 rings (SSSR count). The molecule has 4 atom stereocenters. The van der Waals surface area contributed by atoms with Gasteiger partial charge in [-0.25, -0.2) is 4.98 Å². The molecule has 0 saturated carbocycles. The largest absolute Gasteiger partial charge is 0.481 e. The van der Waals surface area contributed by atoms with Crippen LogP contribution in [0.4, 0.5) is 0 Å². The minimum absolute atomic E-state index is 0. The minimum Gasteiger partial charge on any atom is -0.481 e. The van der Waals surface area contributed by atoms with Gasteiger partial charge in [0.25, 0.3) is 5.97 Å². The topological polar surface area (TPSA) is 107 Å². The van der Waals surface area contributed by atoms with Crippen molar-refractivity contribution < 1.29 is 15.0 Å². The van der Waals surface area contributed by atoms with Gasteiger partial charge < -0.3 is 20.8 Å². The number of aromatic nitrogens is 2. The Labute approximate surface area is 399 Å². The summed E-state index contributed by atoms with van der Waals surface area (Å²) in [7, 11) is 1.00. The number of nitrogens with one attached hydrogen (secondary N) is 2. The van der Waals surface area contributed by atoms with Crippen LogP contribution in [-0.2, 0) is 4.79 Å². The molecule has 2 aliphatic rings. The summed E-state index contributed by atoms with van der Waals surface area (Å²) in [6, 6.07) is 41.4. The fourth-order valence-corrected chi connectivity index (χ4v) is 7.72. The van der Waals surface area contributed by atoms with Gasteiger partial charge in [0.1, 0.15) is 4.60 Å². The van der Waals surface area contributed by atoms with Crippen molar-refractivity contribution in [3.63, 3.8) is 0 Å². The van der Waals surface area contributed by atoms with Gasteiger partial charge in [-0.05, 0) is 137 Å². The molecule has 0 aliphatic carbocycles. The van der Waals surface area contributed by atoms with Gasteiger partial charge in [-0.1, -0.05) is 169 Å². The van der Waals surface area contributed by atoms with Gasteiger partial charge >= 0.3 is 0 Å². The number of halogens is 1. The van der Waals surface area contributed by atoms with Gasteiger partial charge in [-0.15, -0.1) is 0 Å². The summed E-state index contributed by atoms with van der Waals surface area (Å²) in [5.74, 6) is 3.71. The van der Waals surface area contributed by atoms with Crippen LogP contribution in [0.2, 0.25) is 0 Å². The standard InChI is InChI=1S/2C14H21N.C14H15N.C8H10BrN.C2H4O2.CH4O.3CH4/c3*1-11(2)13-8-9-15-14(10-13)12-6-4-3-5-7-12;1-6(2)7-3-4-10-8(9)5-7;1-2(3)4;1-2;;;/h2*3-7,11,13-15H,8-10H2,1-2H3;3-11H,1-2H3;3-6H,1-2H3;1H3,(H,3,4);2H,1H3;3*1H4/t2*13-,14+;;;;;;;/m00......./s1. The lowest BCUT2D eigenvalue weighted by Gasteiger charge is -2.33. The van der Waals surface area contributed by atoms with Crippen LogP contribution in [0.5, 0.6) is 0 Å².